The molecule has 1 aromatic heterocycles. The molecule has 0 radical (unpaired) electrons. The van der Waals surface area contributed by atoms with Gasteiger partial charge >= 0.3 is 0 Å². The first kappa shape index (κ1) is 19.7. The van der Waals surface area contributed by atoms with Crippen molar-refractivity contribution in [1.82, 2.24) is 9.97 Å². The minimum atomic E-state index is -0.473. The highest BCUT2D eigenvalue weighted by atomic mass is 32.2. The van der Waals surface area contributed by atoms with E-state index in [4.69, 9.17) is 5.26 Å². The highest BCUT2D eigenvalue weighted by molar-refractivity contribution is 8.00. The van der Waals surface area contributed by atoms with Crippen molar-refractivity contribution in [3.8, 4) is 6.07 Å². The predicted molar refractivity (Wildman–Crippen MR) is 104 cm³/mol. The number of anilines is 1. The van der Waals surface area contributed by atoms with Crippen molar-refractivity contribution in [1.29, 1.82) is 5.26 Å². The molecule has 7 heteroatoms. The summed E-state index contributed by atoms with van der Waals surface area (Å²) in [6.07, 6.45) is 0.475. The van der Waals surface area contributed by atoms with Crippen LogP contribution < -0.4 is 10.9 Å². The van der Waals surface area contributed by atoms with Gasteiger partial charge in [-0.1, -0.05) is 36.4 Å². The summed E-state index contributed by atoms with van der Waals surface area (Å²) < 4.78 is 0. The fraction of sp³-hybridized carbons (Fsp3) is 0.368. The fourth-order valence-corrected chi connectivity index (χ4v) is 3.56. The molecule has 2 aromatic rings. The summed E-state index contributed by atoms with van der Waals surface area (Å²) in [5.41, 5.74) is 3.96. The van der Waals surface area contributed by atoms with Gasteiger partial charge in [-0.3, -0.25) is 9.59 Å². The molecule has 0 saturated carbocycles. The standard InChI is InChI=1S/C19H22N4O2S/c1-6-15-14(9-20)18(25)23-19(21-15)26-13(5)17(24)22-16-11(3)7-10(2)8-12(16)4/h7-8,13H,6H2,1-5H3,(H,22,24)(H,21,23,25)/t13-/m0/s1. The predicted octanol–water partition coefficient (Wildman–Crippen LogP) is 3.25. The Labute approximate surface area is 157 Å². The van der Waals surface area contributed by atoms with Crippen molar-refractivity contribution in [3.05, 3.63) is 50.4 Å². The SMILES string of the molecule is CCc1nc(S[C@@H](C)C(=O)Nc2c(C)cc(C)cc2C)[nH]c(=O)c1C#N. The van der Waals surface area contributed by atoms with E-state index in [0.29, 0.717) is 17.3 Å². The molecule has 0 saturated heterocycles. The van der Waals surface area contributed by atoms with Crippen LogP contribution in [0.4, 0.5) is 5.69 Å². The van der Waals surface area contributed by atoms with E-state index in [1.165, 1.54) is 0 Å². The van der Waals surface area contributed by atoms with Crippen LogP contribution in [0.1, 0.15) is 41.8 Å². The summed E-state index contributed by atoms with van der Waals surface area (Å²) in [6, 6.07) is 5.92. The number of benzene rings is 1. The lowest BCUT2D eigenvalue weighted by Crippen LogP contribution is -2.24. The van der Waals surface area contributed by atoms with Crippen LogP contribution in [0.2, 0.25) is 0 Å². The third-order valence-corrected chi connectivity index (χ3v) is 4.99. The third-order valence-electron chi connectivity index (χ3n) is 4.00. The molecule has 1 amide bonds. The van der Waals surface area contributed by atoms with Gasteiger partial charge in [-0.2, -0.15) is 5.26 Å². The van der Waals surface area contributed by atoms with E-state index < -0.39 is 10.8 Å². The third kappa shape index (κ3) is 4.33. The first-order valence-electron chi connectivity index (χ1n) is 8.35. The number of rotatable bonds is 5. The second-order valence-corrected chi connectivity index (χ2v) is 7.51. The Balaban J connectivity index is 2.19. The van der Waals surface area contributed by atoms with Gasteiger partial charge in [0.25, 0.3) is 5.56 Å². The summed E-state index contributed by atoms with van der Waals surface area (Å²) in [7, 11) is 0. The Bertz CT molecular complexity index is 921. The van der Waals surface area contributed by atoms with E-state index >= 15 is 0 Å². The number of hydrogen-bond donors (Lipinski definition) is 2. The lowest BCUT2D eigenvalue weighted by Gasteiger charge is -2.16. The Morgan fingerprint density at radius 3 is 2.50 bits per heavy atom. The maximum absolute atomic E-state index is 12.6. The molecule has 26 heavy (non-hydrogen) atoms. The van der Waals surface area contributed by atoms with Crippen molar-refractivity contribution < 1.29 is 4.79 Å². The van der Waals surface area contributed by atoms with Crippen LogP contribution in [0.25, 0.3) is 0 Å². The summed E-state index contributed by atoms with van der Waals surface area (Å²) in [6.45, 7) is 9.52. The number of carbonyl (C=O) groups excluding carboxylic acids is 1. The molecule has 0 unspecified atom stereocenters. The normalized spacial score (nSPS) is 11.7. The van der Waals surface area contributed by atoms with Crippen LogP contribution in [0.15, 0.2) is 22.1 Å². The Kier molecular flexibility index (Phi) is 6.22. The Morgan fingerprint density at radius 1 is 1.35 bits per heavy atom. The molecule has 1 heterocycles. The average molecular weight is 370 g/mol. The topological polar surface area (TPSA) is 98.6 Å². The number of hydrogen-bond acceptors (Lipinski definition) is 5. The first-order chi connectivity index (χ1) is 12.3. The van der Waals surface area contributed by atoms with Crippen LogP contribution in [-0.2, 0) is 11.2 Å². The highest BCUT2D eigenvalue weighted by Crippen LogP contribution is 2.25. The van der Waals surface area contributed by atoms with Gasteiger partial charge < -0.3 is 10.3 Å². The molecule has 0 spiro atoms. The number of aryl methyl sites for hydroxylation is 4. The smallest absolute Gasteiger partial charge is 0.269 e. The van der Waals surface area contributed by atoms with Crippen molar-refractivity contribution in [3.63, 3.8) is 0 Å². The van der Waals surface area contributed by atoms with Crippen LogP contribution in [0, 0.1) is 32.1 Å². The second kappa shape index (κ2) is 8.19. The minimum absolute atomic E-state index is 0.0276. The van der Waals surface area contributed by atoms with Gasteiger partial charge in [0.15, 0.2) is 5.16 Å². The number of aromatic nitrogens is 2. The number of nitrogens with zero attached hydrogens (tertiary/aromatic N) is 2. The van der Waals surface area contributed by atoms with Crippen molar-refractivity contribution in [2.45, 2.75) is 51.4 Å². The molecule has 1 aromatic carbocycles. The van der Waals surface area contributed by atoms with E-state index in [1.54, 1.807) is 6.92 Å². The van der Waals surface area contributed by atoms with Crippen LogP contribution in [0.3, 0.4) is 0 Å². The number of amides is 1. The number of thioether (sulfide) groups is 1. The molecule has 6 nitrogen and oxygen atoms in total. The number of H-pyrrole nitrogens is 1. The Hall–Kier alpha value is -2.59. The van der Waals surface area contributed by atoms with Gasteiger partial charge in [0, 0.05) is 5.69 Å². The molecule has 0 aliphatic heterocycles. The van der Waals surface area contributed by atoms with E-state index in [1.807, 2.05) is 45.9 Å². The van der Waals surface area contributed by atoms with Gasteiger partial charge in [-0.15, -0.1) is 0 Å². The zero-order valence-corrected chi connectivity index (χ0v) is 16.4. The molecule has 136 valence electrons. The average Bonchev–Trinajstić information content (AvgIpc) is 2.57. The molecule has 0 bridgehead atoms. The molecular weight excluding hydrogens is 348 g/mol. The monoisotopic (exact) mass is 370 g/mol. The van der Waals surface area contributed by atoms with E-state index in [0.717, 1.165) is 34.1 Å². The van der Waals surface area contributed by atoms with E-state index in [9.17, 15) is 9.59 Å². The van der Waals surface area contributed by atoms with Crippen molar-refractivity contribution in [2.75, 3.05) is 5.32 Å². The lowest BCUT2D eigenvalue weighted by molar-refractivity contribution is -0.115. The maximum Gasteiger partial charge on any atom is 0.269 e. The fourth-order valence-electron chi connectivity index (χ4n) is 2.75. The van der Waals surface area contributed by atoms with Crippen molar-refractivity contribution >= 4 is 23.4 Å². The van der Waals surface area contributed by atoms with Gasteiger partial charge in [-0.25, -0.2) is 4.98 Å². The van der Waals surface area contributed by atoms with Crippen molar-refractivity contribution in [2.24, 2.45) is 0 Å². The summed E-state index contributed by atoms with van der Waals surface area (Å²) in [4.78, 5) is 31.4. The minimum Gasteiger partial charge on any atom is -0.325 e. The van der Waals surface area contributed by atoms with Gasteiger partial charge in [-0.05, 0) is 45.2 Å². The summed E-state index contributed by atoms with van der Waals surface area (Å²) in [5.74, 6) is -0.171. The van der Waals surface area contributed by atoms with Crippen LogP contribution in [0.5, 0.6) is 0 Å². The zero-order valence-electron chi connectivity index (χ0n) is 15.6. The molecule has 0 aliphatic carbocycles. The van der Waals surface area contributed by atoms with E-state index in [2.05, 4.69) is 15.3 Å². The van der Waals surface area contributed by atoms with Gasteiger partial charge in [0.2, 0.25) is 5.91 Å². The highest BCUT2D eigenvalue weighted by Gasteiger charge is 2.19. The largest absolute Gasteiger partial charge is 0.325 e. The number of nitrogens with one attached hydrogen (secondary N) is 2. The molecule has 2 N–H and O–H groups in total. The van der Waals surface area contributed by atoms with E-state index in [-0.39, 0.29) is 11.5 Å². The summed E-state index contributed by atoms with van der Waals surface area (Å²) in [5, 5.41) is 11.9. The zero-order chi connectivity index (χ0) is 19.4. The number of nitriles is 1. The van der Waals surface area contributed by atoms with Gasteiger partial charge in [0.1, 0.15) is 11.6 Å². The molecule has 0 fully saturated rings. The quantitative estimate of drug-likeness (QED) is 0.622. The number of aromatic amines is 1. The first-order valence-corrected chi connectivity index (χ1v) is 9.23. The number of carbonyl (C=O) groups is 1. The van der Waals surface area contributed by atoms with Crippen LogP contribution in [-0.4, -0.2) is 21.1 Å². The van der Waals surface area contributed by atoms with Crippen LogP contribution >= 0.6 is 11.8 Å². The maximum atomic E-state index is 12.6. The molecule has 2 rings (SSSR count). The lowest BCUT2D eigenvalue weighted by atomic mass is 10.1. The Morgan fingerprint density at radius 2 is 1.96 bits per heavy atom. The molecule has 1 atom stereocenters. The molecule has 0 aliphatic rings. The second-order valence-electron chi connectivity index (χ2n) is 6.18. The summed E-state index contributed by atoms with van der Waals surface area (Å²) >= 11 is 1.16. The van der Waals surface area contributed by atoms with Gasteiger partial charge in [0.05, 0.1) is 10.9 Å². The molecular formula is C19H22N4O2S.